The van der Waals surface area contributed by atoms with Gasteiger partial charge in [0.2, 0.25) is 0 Å². The summed E-state index contributed by atoms with van der Waals surface area (Å²) in [6.07, 6.45) is 1.88. The van der Waals surface area contributed by atoms with E-state index in [-0.39, 0.29) is 5.78 Å². The number of carbonyl (C=O) groups excluding carboxylic acids is 1. The van der Waals surface area contributed by atoms with Gasteiger partial charge in [-0.05, 0) is 30.2 Å². The molecule has 0 spiro atoms. The van der Waals surface area contributed by atoms with Gasteiger partial charge in [0.15, 0.2) is 5.78 Å². The van der Waals surface area contributed by atoms with Gasteiger partial charge in [-0.2, -0.15) is 15.0 Å². The van der Waals surface area contributed by atoms with Crippen LogP contribution < -0.4 is 0 Å². The molecule has 5 heteroatoms. The first-order valence-electron chi connectivity index (χ1n) is 6.91. The summed E-state index contributed by atoms with van der Waals surface area (Å²) in [6, 6.07) is 14.2. The van der Waals surface area contributed by atoms with Crippen LogP contribution in [0.3, 0.4) is 0 Å². The zero-order chi connectivity index (χ0) is 15.5. The second-order valence-electron chi connectivity index (χ2n) is 5.02. The van der Waals surface area contributed by atoms with Crippen LogP contribution in [0.4, 0.5) is 0 Å². The van der Waals surface area contributed by atoms with E-state index < -0.39 is 6.10 Å². The van der Waals surface area contributed by atoms with E-state index in [0.717, 1.165) is 5.56 Å². The third-order valence-corrected chi connectivity index (χ3v) is 3.42. The molecule has 110 valence electrons. The Hall–Kier alpha value is -2.79. The predicted molar refractivity (Wildman–Crippen MR) is 81.8 cm³/mol. The first-order valence-corrected chi connectivity index (χ1v) is 6.91. The fourth-order valence-electron chi connectivity index (χ4n) is 2.29. The zero-order valence-electron chi connectivity index (χ0n) is 12.0. The van der Waals surface area contributed by atoms with Gasteiger partial charge in [0, 0.05) is 5.56 Å². The molecule has 1 aromatic heterocycles. The molecule has 1 unspecified atom stereocenters. The molecule has 3 rings (SSSR count). The highest BCUT2D eigenvalue weighted by Gasteiger charge is 2.22. The maximum atomic E-state index is 12.7. The second-order valence-corrected chi connectivity index (χ2v) is 5.02. The largest absolute Gasteiger partial charge is 0.380 e. The molecule has 0 fully saturated rings. The summed E-state index contributed by atoms with van der Waals surface area (Å²) in [4.78, 5) is 14.0. The molecule has 1 N–H and O–H groups in total. The van der Waals surface area contributed by atoms with E-state index in [2.05, 4.69) is 10.2 Å². The molecule has 0 saturated carbocycles. The number of aromatic nitrogens is 3. The quantitative estimate of drug-likeness (QED) is 0.750. The minimum atomic E-state index is -1.21. The molecule has 0 saturated heterocycles. The number of rotatable bonds is 4. The molecule has 2 aromatic carbocycles. The van der Waals surface area contributed by atoms with Crippen LogP contribution in [0.1, 0.15) is 27.6 Å². The number of ketones is 1. The summed E-state index contributed by atoms with van der Waals surface area (Å²) in [7, 11) is 0. The number of aryl methyl sites for hydroxylation is 1. The van der Waals surface area contributed by atoms with Crippen molar-refractivity contribution in [2.24, 2.45) is 0 Å². The van der Waals surface area contributed by atoms with E-state index in [0.29, 0.717) is 16.8 Å². The first kappa shape index (κ1) is 14.2. The number of hydrogen-bond donors (Lipinski definition) is 1. The van der Waals surface area contributed by atoms with Gasteiger partial charge in [-0.15, -0.1) is 0 Å². The van der Waals surface area contributed by atoms with Crippen LogP contribution in [0.25, 0.3) is 5.69 Å². The molecule has 3 aromatic rings. The maximum Gasteiger partial charge on any atom is 0.198 e. The third kappa shape index (κ3) is 2.66. The Morgan fingerprint density at radius 2 is 1.77 bits per heavy atom. The maximum absolute atomic E-state index is 12.7. The van der Waals surface area contributed by atoms with Crippen molar-refractivity contribution in [1.82, 2.24) is 15.0 Å². The van der Waals surface area contributed by atoms with Gasteiger partial charge in [0.05, 0.1) is 18.1 Å². The standard InChI is InChI=1S/C17H15N3O2/c1-12-7-8-14(15(11-12)20-18-9-10-19-20)17(22)16(21)13-5-3-2-4-6-13/h2-11,16,21H,1H3. The highest BCUT2D eigenvalue weighted by molar-refractivity contribution is 6.02. The van der Waals surface area contributed by atoms with Crippen LogP contribution in [-0.2, 0) is 0 Å². The lowest BCUT2D eigenvalue weighted by atomic mass is 9.98. The Balaban J connectivity index is 2.03. The predicted octanol–water partition coefficient (Wildman–Crippen LogP) is 2.49. The van der Waals surface area contributed by atoms with Gasteiger partial charge in [-0.25, -0.2) is 0 Å². The van der Waals surface area contributed by atoms with Gasteiger partial charge < -0.3 is 5.11 Å². The van der Waals surface area contributed by atoms with Crippen molar-refractivity contribution in [1.29, 1.82) is 0 Å². The fourth-order valence-corrected chi connectivity index (χ4v) is 2.29. The SMILES string of the molecule is Cc1ccc(C(=O)C(O)c2ccccc2)c(-n2nccn2)c1. The molecular weight excluding hydrogens is 278 g/mol. The molecule has 0 radical (unpaired) electrons. The topological polar surface area (TPSA) is 68.0 Å². The first-order chi connectivity index (χ1) is 10.7. The summed E-state index contributed by atoms with van der Waals surface area (Å²) in [6.45, 7) is 1.93. The number of benzene rings is 2. The minimum absolute atomic E-state index is 0.376. The molecule has 0 bridgehead atoms. The van der Waals surface area contributed by atoms with Gasteiger partial charge in [-0.3, -0.25) is 4.79 Å². The van der Waals surface area contributed by atoms with Crippen LogP contribution in [0.2, 0.25) is 0 Å². The number of carbonyl (C=O) groups is 1. The Morgan fingerprint density at radius 3 is 2.45 bits per heavy atom. The summed E-state index contributed by atoms with van der Waals surface area (Å²) in [5, 5.41) is 18.5. The summed E-state index contributed by atoms with van der Waals surface area (Å²) in [5.41, 5.74) is 2.49. The Morgan fingerprint density at radius 1 is 1.09 bits per heavy atom. The van der Waals surface area contributed by atoms with E-state index in [4.69, 9.17) is 0 Å². The molecule has 5 nitrogen and oxygen atoms in total. The Labute approximate surface area is 127 Å². The van der Waals surface area contributed by atoms with Gasteiger partial charge in [-0.1, -0.05) is 36.4 Å². The smallest absolute Gasteiger partial charge is 0.198 e. The highest BCUT2D eigenvalue weighted by atomic mass is 16.3. The fraction of sp³-hybridized carbons (Fsp3) is 0.118. The number of nitrogens with zero attached hydrogens (tertiary/aromatic N) is 3. The second kappa shape index (κ2) is 5.91. The molecule has 0 aliphatic heterocycles. The van der Waals surface area contributed by atoms with Crippen LogP contribution in [-0.4, -0.2) is 25.9 Å². The van der Waals surface area contributed by atoms with Crippen molar-refractivity contribution in [2.45, 2.75) is 13.0 Å². The van der Waals surface area contributed by atoms with Crippen LogP contribution in [0.15, 0.2) is 60.9 Å². The van der Waals surface area contributed by atoms with E-state index in [1.807, 2.05) is 25.1 Å². The van der Waals surface area contributed by atoms with Gasteiger partial charge in [0.1, 0.15) is 6.10 Å². The minimum Gasteiger partial charge on any atom is -0.380 e. The summed E-state index contributed by atoms with van der Waals surface area (Å²) < 4.78 is 0. The summed E-state index contributed by atoms with van der Waals surface area (Å²) >= 11 is 0. The lowest BCUT2D eigenvalue weighted by Crippen LogP contribution is -2.16. The monoisotopic (exact) mass is 293 g/mol. The van der Waals surface area contributed by atoms with Crippen LogP contribution in [0, 0.1) is 6.92 Å². The normalized spacial score (nSPS) is 12.1. The molecule has 22 heavy (non-hydrogen) atoms. The van der Waals surface area contributed by atoms with Crippen molar-refractivity contribution in [3.8, 4) is 5.69 Å². The molecular formula is C17H15N3O2. The Kier molecular flexibility index (Phi) is 3.80. The van der Waals surface area contributed by atoms with E-state index in [1.165, 1.54) is 4.80 Å². The number of aliphatic hydroxyl groups excluding tert-OH is 1. The van der Waals surface area contributed by atoms with Crippen LogP contribution >= 0.6 is 0 Å². The molecule has 0 aliphatic rings. The van der Waals surface area contributed by atoms with Crippen molar-refractivity contribution in [2.75, 3.05) is 0 Å². The van der Waals surface area contributed by atoms with Gasteiger partial charge >= 0.3 is 0 Å². The van der Waals surface area contributed by atoms with E-state index in [9.17, 15) is 9.90 Å². The molecule has 0 amide bonds. The average Bonchev–Trinajstić information content (AvgIpc) is 3.08. The number of Topliss-reactive ketones (excluding diaryl/α,β-unsaturated/α-hetero) is 1. The summed E-state index contributed by atoms with van der Waals surface area (Å²) in [5.74, 6) is -0.376. The van der Waals surface area contributed by atoms with Crippen molar-refractivity contribution in [3.63, 3.8) is 0 Å². The van der Waals surface area contributed by atoms with Crippen LogP contribution in [0.5, 0.6) is 0 Å². The van der Waals surface area contributed by atoms with Crippen molar-refractivity contribution in [3.05, 3.63) is 77.6 Å². The van der Waals surface area contributed by atoms with E-state index in [1.54, 1.807) is 42.7 Å². The lowest BCUT2D eigenvalue weighted by Gasteiger charge is -2.13. The number of hydrogen-bond acceptors (Lipinski definition) is 4. The molecule has 1 atom stereocenters. The number of aliphatic hydroxyl groups is 1. The van der Waals surface area contributed by atoms with Crippen molar-refractivity contribution >= 4 is 5.78 Å². The van der Waals surface area contributed by atoms with Gasteiger partial charge in [0.25, 0.3) is 0 Å². The van der Waals surface area contributed by atoms with E-state index >= 15 is 0 Å². The Bertz CT molecular complexity index is 783. The highest BCUT2D eigenvalue weighted by Crippen LogP contribution is 2.23. The zero-order valence-corrected chi connectivity index (χ0v) is 12.0. The molecule has 1 heterocycles. The van der Waals surface area contributed by atoms with Crippen molar-refractivity contribution < 1.29 is 9.90 Å². The third-order valence-electron chi connectivity index (χ3n) is 3.42. The lowest BCUT2D eigenvalue weighted by molar-refractivity contribution is 0.0747. The average molecular weight is 293 g/mol. The molecule has 0 aliphatic carbocycles.